The van der Waals surface area contributed by atoms with E-state index >= 15 is 0 Å². The highest BCUT2D eigenvalue weighted by molar-refractivity contribution is 9.10. The van der Waals surface area contributed by atoms with Gasteiger partial charge in [0.2, 0.25) is 19.7 Å². The van der Waals surface area contributed by atoms with Crippen molar-refractivity contribution in [2.45, 2.75) is 19.6 Å². The van der Waals surface area contributed by atoms with E-state index in [9.17, 15) is 16.8 Å². The zero-order chi connectivity index (χ0) is 49.7. The maximum Gasteiger partial charge on any atom is 0.206 e. The molecule has 0 aromatic heterocycles. The van der Waals surface area contributed by atoms with Gasteiger partial charge in [-0.05, 0) is 173 Å². The first-order chi connectivity index (χ1) is 34.9. The quantitative estimate of drug-likeness (QED) is 0.1000. The van der Waals surface area contributed by atoms with Crippen molar-refractivity contribution in [1.29, 1.82) is 0 Å². The van der Waals surface area contributed by atoms with E-state index in [1.54, 1.807) is 54.6 Å². The minimum Gasteiger partial charge on any atom is -0.457 e. The summed E-state index contributed by atoms with van der Waals surface area (Å²) in [5.74, 6) is 3.88. The number of sulfone groups is 2. The van der Waals surface area contributed by atoms with E-state index in [0.717, 1.165) is 42.3 Å². The number of benzene rings is 10. The van der Waals surface area contributed by atoms with Gasteiger partial charge in [0.05, 0.1) is 19.6 Å². The number of hydrogen-bond donors (Lipinski definition) is 0. The molecule has 0 unspecified atom stereocenters. The molecular weight excluding hydrogens is 1070 g/mol. The lowest BCUT2D eigenvalue weighted by Gasteiger charge is -2.14. The molecule has 0 bridgehead atoms. The Balaban J connectivity index is 0.820. The molecule has 0 radical (unpaired) electrons. The zero-order valence-corrected chi connectivity index (χ0v) is 42.7. The Labute approximate surface area is 434 Å². The van der Waals surface area contributed by atoms with Crippen molar-refractivity contribution in [3.8, 4) is 79.4 Å². The van der Waals surface area contributed by atoms with E-state index in [4.69, 9.17) is 18.9 Å². The van der Waals surface area contributed by atoms with E-state index < -0.39 is 19.7 Å². The van der Waals surface area contributed by atoms with Crippen molar-refractivity contribution in [3.63, 3.8) is 0 Å². The van der Waals surface area contributed by atoms with Gasteiger partial charge in [-0.1, -0.05) is 123 Å². The summed E-state index contributed by atoms with van der Waals surface area (Å²) in [5.41, 5.74) is 5.60. The molecule has 10 aromatic rings. The molecule has 0 saturated heterocycles. The molecule has 0 heterocycles. The minimum atomic E-state index is -3.89. The largest absolute Gasteiger partial charge is 0.457 e. The predicted octanol–water partition coefficient (Wildman–Crippen LogP) is 17.0. The van der Waals surface area contributed by atoms with Crippen LogP contribution in [0.3, 0.4) is 0 Å². The summed E-state index contributed by atoms with van der Waals surface area (Å²) in [6.45, 7) is 0. The fraction of sp³-hybridized carbons (Fsp3) is 0. The molecule has 0 amide bonds. The van der Waals surface area contributed by atoms with E-state index in [0.29, 0.717) is 46.0 Å². The molecular formula is C60H40Br2O8S2. The Morgan fingerprint density at radius 3 is 1.01 bits per heavy atom. The molecule has 10 rings (SSSR count). The van der Waals surface area contributed by atoms with Gasteiger partial charge in [-0.2, -0.15) is 0 Å². The van der Waals surface area contributed by atoms with E-state index in [2.05, 4.69) is 31.9 Å². The maximum atomic E-state index is 13.8. The van der Waals surface area contributed by atoms with Crippen LogP contribution in [-0.4, -0.2) is 16.8 Å². The summed E-state index contributed by atoms with van der Waals surface area (Å²) in [6, 6.07) is 71.6. The summed E-state index contributed by atoms with van der Waals surface area (Å²) in [5, 5.41) is 0. The Hall–Kier alpha value is -7.74. The lowest BCUT2D eigenvalue weighted by molar-refractivity contribution is 0.460. The maximum absolute atomic E-state index is 13.8. The lowest BCUT2D eigenvalue weighted by atomic mass is 10.0. The number of hydrogen-bond acceptors (Lipinski definition) is 8. The van der Waals surface area contributed by atoms with Crippen molar-refractivity contribution < 1.29 is 35.8 Å². The molecule has 0 fully saturated rings. The average Bonchev–Trinajstić information content (AvgIpc) is 3.40. The van der Waals surface area contributed by atoms with Crippen LogP contribution in [0.1, 0.15) is 0 Å². The monoisotopic (exact) mass is 1110 g/mol. The van der Waals surface area contributed by atoms with Crippen molar-refractivity contribution in [2.24, 2.45) is 0 Å². The highest BCUT2D eigenvalue weighted by atomic mass is 79.9. The van der Waals surface area contributed by atoms with Crippen LogP contribution in [0.4, 0.5) is 0 Å². The van der Waals surface area contributed by atoms with E-state index in [1.165, 1.54) is 48.5 Å². The summed E-state index contributed by atoms with van der Waals surface area (Å²) < 4.78 is 81.9. The third-order valence-corrected chi connectivity index (χ3v) is 16.0. The first-order valence-corrected chi connectivity index (χ1v) is 27.0. The standard InChI is InChI=1S/C60H40Br2O8S2/c61-46-16-33-60(59(39-46)43-14-8-3-9-15-43)70-51-23-31-58(32-24-51)72(65,66)57-29-21-50(22-30-57)69-54-37-45(42-12-6-2-7-13-42)36-53(40-54)68-49-19-27-56(28-20-49)71(63,64)55-25-17-48(18-26-55)67-52-35-44(34-47(62)38-52)41-10-4-1-5-11-41/h1-40H. The molecule has 10 aromatic carbocycles. The second kappa shape index (κ2) is 20.9. The van der Waals surface area contributed by atoms with Crippen LogP contribution in [0.2, 0.25) is 0 Å². The number of rotatable bonds is 15. The Kier molecular flexibility index (Phi) is 13.9. The van der Waals surface area contributed by atoms with Crippen LogP contribution in [0.15, 0.2) is 271 Å². The van der Waals surface area contributed by atoms with Gasteiger partial charge >= 0.3 is 0 Å². The zero-order valence-electron chi connectivity index (χ0n) is 37.9. The number of ether oxygens (including phenoxy) is 4. The van der Waals surface area contributed by atoms with Gasteiger partial charge in [0.25, 0.3) is 0 Å². The van der Waals surface area contributed by atoms with Crippen molar-refractivity contribution >= 4 is 51.5 Å². The fourth-order valence-corrected chi connectivity index (χ4v) is 11.3. The number of halogens is 2. The highest BCUT2D eigenvalue weighted by Crippen LogP contribution is 2.39. The molecule has 0 aliphatic carbocycles. The molecule has 354 valence electrons. The molecule has 0 N–H and O–H groups in total. The van der Waals surface area contributed by atoms with Gasteiger partial charge < -0.3 is 18.9 Å². The van der Waals surface area contributed by atoms with Crippen LogP contribution < -0.4 is 18.9 Å². The smallest absolute Gasteiger partial charge is 0.206 e. The van der Waals surface area contributed by atoms with Crippen molar-refractivity contribution in [2.75, 3.05) is 0 Å². The molecule has 0 aliphatic heterocycles. The van der Waals surface area contributed by atoms with Crippen molar-refractivity contribution in [3.05, 3.63) is 252 Å². The third kappa shape index (κ3) is 11.1. The van der Waals surface area contributed by atoms with Crippen LogP contribution in [0.25, 0.3) is 33.4 Å². The van der Waals surface area contributed by atoms with Crippen LogP contribution >= 0.6 is 31.9 Å². The SMILES string of the molecule is O=S(=O)(c1ccc(Oc2cc(Br)cc(-c3ccccc3)c2)cc1)c1ccc(Oc2cc(Oc3ccc(S(=O)(=O)c4ccc(Oc5ccc(Br)cc5-c5ccccc5)cc4)cc3)cc(-c3ccccc3)c2)cc1. The Morgan fingerprint density at radius 2 is 0.611 bits per heavy atom. The van der Waals surface area contributed by atoms with Crippen molar-refractivity contribution in [1.82, 2.24) is 0 Å². The Bertz CT molecular complexity index is 3750. The van der Waals surface area contributed by atoms with Gasteiger partial charge in [-0.25, -0.2) is 16.8 Å². The summed E-state index contributed by atoms with van der Waals surface area (Å²) >= 11 is 7.12. The topological polar surface area (TPSA) is 105 Å². The molecule has 12 heteroatoms. The van der Waals surface area contributed by atoms with Crippen LogP contribution in [0, 0.1) is 0 Å². The van der Waals surface area contributed by atoms with Gasteiger partial charge in [0.15, 0.2) is 0 Å². The summed E-state index contributed by atoms with van der Waals surface area (Å²) in [7, 11) is -7.78. The van der Waals surface area contributed by atoms with Gasteiger partial charge in [-0.3, -0.25) is 0 Å². The molecule has 72 heavy (non-hydrogen) atoms. The molecule has 8 nitrogen and oxygen atoms in total. The normalized spacial score (nSPS) is 11.4. The van der Waals surface area contributed by atoms with Gasteiger partial charge in [-0.15, -0.1) is 0 Å². The van der Waals surface area contributed by atoms with E-state index in [-0.39, 0.29) is 19.6 Å². The second-order valence-electron chi connectivity index (χ2n) is 16.4. The summed E-state index contributed by atoms with van der Waals surface area (Å²) in [4.78, 5) is 0.410. The van der Waals surface area contributed by atoms with Crippen LogP contribution in [-0.2, 0) is 19.7 Å². The second-order valence-corrected chi connectivity index (χ2v) is 22.1. The first-order valence-electron chi connectivity index (χ1n) is 22.5. The van der Waals surface area contributed by atoms with E-state index in [1.807, 2.05) is 140 Å². The highest BCUT2D eigenvalue weighted by Gasteiger charge is 2.21. The average molecular weight is 1110 g/mol. The Morgan fingerprint density at radius 1 is 0.264 bits per heavy atom. The summed E-state index contributed by atoms with van der Waals surface area (Å²) in [6.07, 6.45) is 0. The fourth-order valence-electron chi connectivity index (χ4n) is 7.90. The van der Waals surface area contributed by atoms with Gasteiger partial charge in [0, 0.05) is 20.6 Å². The molecule has 0 atom stereocenters. The third-order valence-electron chi connectivity index (χ3n) is 11.5. The first kappa shape index (κ1) is 47.9. The van der Waals surface area contributed by atoms with Crippen LogP contribution in [0.5, 0.6) is 46.0 Å². The molecule has 0 aliphatic rings. The predicted molar refractivity (Wildman–Crippen MR) is 288 cm³/mol. The molecule has 0 saturated carbocycles. The minimum absolute atomic E-state index is 0.0933. The van der Waals surface area contributed by atoms with Gasteiger partial charge in [0.1, 0.15) is 46.0 Å². The lowest BCUT2D eigenvalue weighted by Crippen LogP contribution is -2.02. The molecule has 0 spiro atoms.